The molecule has 0 radical (unpaired) electrons. The average molecular weight is 342 g/mol. The highest BCUT2D eigenvalue weighted by molar-refractivity contribution is 7.09. The molecule has 3 aromatic rings. The van der Waals surface area contributed by atoms with E-state index >= 15 is 0 Å². The van der Waals surface area contributed by atoms with Crippen LogP contribution >= 0.6 is 11.3 Å². The molecule has 8 heteroatoms. The number of nitrogens with one attached hydrogen (secondary N) is 1. The molecule has 124 valence electrons. The number of aromatic nitrogens is 4. The van der Waals surface area contributed by atoms with Gasteiger partial charge in [0.25, 0.3) is 5.91 Å². The van der Waals surface area contributed by atoms with Crippen molar-refractivity contribution in [2.24, 2.45) is 5.73 Å². The van der Waals surface area contributed by atoms with Crippen molar-refractivity contribution < 1.29 is 4.79 Å². The Hall–Kier alpha value is -2.58. The maximum absolute atomic E-state index is 12.3. The topological polar surface area (TPSA) is 98.7 Å². The zero-order chi connectivity index (χ0) is 16.9. The zero-order valence-corrected chi connectivity index (χ0v) is 14.1. The van der Waals surface area contributed by atoms with Gasteiger partial charge in [-0.15, -0.1) is 21.5 Å². The number of carbonyl (C=O) groups excluding carboxylic acids is 1. The molecule has 3 rings (SSSR count). The van der Waals surface area contributed by atoms with Crippen molar-refractivity contribution in [2.75, 3.05) is 11.9 Å². The molecule has 3 N–H and O–H groups in total. The van der Waals surface area contributed by atoms with E-state index in [1.165, 1.54) is 11.3 Å². The molecule has 0 atom stereocenters. The van der Waals surface area contributed by atoms with Gasteiger partial charge < -0.3 is 15.6 Å². The second-order valence-corrected chi connectivity index (χ2v) is 6.08. The van der Waals surface area contributed by atoms with E-state index in [-0.39, 0.29) is 5.91 Å². The van der Waals surface area contributed by atoms with Crippen LogP contribution < -0.4 is 11.1 Å². The lowest BCUT2D eigenvalue weighted by Gasteiger charge is -2.07. The van der Waals surface area contributed by atoms with Crippen LogP contribution in [0.3, 0.4) is 0 Å². The summed E-state index contributed by atoms with van der Waals surface area (Å²) >= 11 is 1.45. The monoisotopic (exact) mass is 342 g/mol. The molecule has 0 saturated heterocycles. The number of rotatable bonds is 6. The molecular formula is C16H18N6OS. The van der Waals surface area contributed by atoms with Gasteiger partial charge in [0, 0.05) is 29.6 Å². The third-order valence-electron chi connectivity index (χ3n) is 3.48. The van der Waals surface area contributed by atoms with Gasteiger partial charge >= 0.3 is 0 Å². The van der Waals surface area contributed by atoms with Gasteiger partial charge in [0.1, 0.15) is 12.0 Å². The number of carbonyl (C=O) groups is 1. The van der Waals surface area contributed by atoms with E-state index in [0.29, 0.717) is 24.3 Å². The minimum absolute atomic E-state index is 0.233. The summed E-state index contributed by atoms with van der Waals surface area (Å²) in [6, 6.07) is 7.52. The number of thiazole rings is 1. The Morgan fingerprint density at radius 1 is 1.42 bits per heavy atom. The summed E-state index contributed by atoms with van der Waals surface area (Å²) in [5, 5.41) is 13.6. The van der Waals surface area contributed by atoms with Crippen molar-refractivity contribution in [1.82, 2.24) is 19.7 Å². The number of hydrogen-bond donors (Lipinski definition) is 2. The van der Waals surface area contributed by atoms with E-state index in [2.05, 4.69) is 20.5 Å². The van der Waals surface area contributed by atoms with Gasteiger partial charge in [0.05, 0.1) is 5.01 Å². The first-order chi connectivity index (χ1) is 11.7. The Balaban J connectivity index is 1.78. The number of anilines is 1. The molecule has 1 aromatic carbocycles. The normalized spacial score (nSPS) is 10.8. The number of aryl methyl sites for hydroxylation is 1. The molecule has 0 aliphatic heterocycles. The smallest absolute Gasteiger partial charge is 0.275 e. The van der Waals surface area contributed by atoms with Gasteiger partial charge in [-0.05, 0) is 25.6 Å². The third-order valence-corrected chi connectivity index (χ3v) is 4.39. The standard InChI is InChI=1S/C16H18N6OS/c1-2-22-10-18-21-15(22)11-4-3-5-12(8-11)19-16(23)13-9-24-14(20-13)6-7-17/h3-5,8-10H,2,6-7,17H2,1H3,(H,19,23). The van der Waals surface area contributed by atoms with E-state index in [4.69, 9.17) is 5.73 Å². The maximum atomic E-state index is 12.3. The van der Waals surface area contributed by atoms with Crippen LogP contribution in [0.2, 0.25) is 0 Å². The fourth-order valence-corrected chi connectivity index (χ4v) is 3.09. The van der Waals surface area contributed by atoms with Crippen molar-refractivity contribution in [3.05, 3.63) is 46.7 Å². The van der Waals surface area contributed by atoms with E-state index in [1.807, 2.05) is 35.8 Å². The molecule has 0 unspecified atom stereocenters. The summed E-state index contributed by atoms with van der Waals surface area (Å²) in [5.74, 6) is 0.538. The molecule has 0 saturated carbocycles. The summed E-state index contributed by atoms with van der Waals surface area (Å²) in [5.41, 5.74) is 7.51. The number of nitrogens with two attached hydrogens (primary N) is 1. The van der Waals surface area contributed by atoms with Crippen molar-refractivity contribution in [3.8, 4) is 11.4 Å². The van der Waals surface area contributed by atoms with Crippen LogP contribution in [0.25, 0.3) is 11.4 Å². The molecule has 2 heterocycles. The Bertz CT molecular complexity index is 840. The molecule has 7 nitrogen and oxygen atoms in total. The number of benzene rings is 1. The molecule has 0 aliphatic carbocycles. The zero-order valence-electron chi connectivity index (χ0n) is 13.3. The molecule has 2 aromatic heterocycles. The lowest BCUT2D eigenvalue weighted by molar-refractivity contribution is 0.102. The maximum Gasteiger partial charge on any atom is 0.275 e. The van der Waals surface area contributed by atoms with Gasteiger partial charge in [-0.3, -0.25) is 4.79 Å². The van der Waals surface area contributed by atoms with Crippen LogP contribution in [0, 0.1) is 0 Å². The lowest BCUT2D eigenvalue weighted by Crippen LogP contribution is -2.13. The summed E-state index contributed by atoms with van der Waals surface area (Å²) < 4.78 is 1.94. The number of hydrogen-bond acceptors (Lipinski definition) is 6. The molecule has 24 heavy (non-hydrogen) atoms. The fraction of sp³-hybridized carbons (Fsp3) is 0.250. The fourth-order valence-electron chi connectivity index (χ4n) is 2.29. The van der Waals surface area contributed by atoms with Gasteiger partial charge in [0.15, 0.2) is 5.82 Å². The first-order valence-corrected chi connectivity index (χ1v) is 8.53. The van der Waals surface area contributed by atoms with E-state index in [9.17, 15) is 4.79 Å². The van der Waals surface area contributed by atoms with Gasteiger partial charge in [0.2, 0.25) is 0 Å². The second kappa shape index (κ2) is 7.33. The van der Waals surface area contributed by atoms with Crippen molar-refractivity contribution >= 4 is 22.9 Å². The van der Waals surface area contributed by atoms with E-state index in [0.717, 1.165) is 22.9 Å². The van der Waals surface area contributed by atoms with Crippen LogP contribution in [0.15, 0.2) is 36.0 Å². The van der Waals surface area contributed by atoms with Gasteiger partial charge in [-0.2, -0.15) is 0 Å². The van der Waals surface area contributed by atoms with Crippen LogP contribution in [-0.4, -0.2) is 32.2 Å². The summed E-state index contributed by atoms with van der Waals surface area (Å²) in [7, 11) is 0. The third kappa shape index (κ3) is 3.50. The molecule has 0 spiro atoms. The van der Waals surface area contributed by atoms with Gasteiger partial charge in [-0.25, -0.2) is 4.98 Å². The molecule has 0 aliphatic rings. The molecule has 0 bridgehead atoms. The van der Waals surface area contributed by atoms with Gasteiger partial charge in [-0.1, -0.05) is 12.1 Å². The lowest BCUT2D eigenvalue weighted by atomic mass is 10.2. The van der Waals surface area contributed by atoms with E-state index in [1.54, 1.807) is 11.7 Å². The predicted molar refractivity (Wildman–Crippen MR) is 94.0 cm³/mol. The minimum Gasteiger partial charge on any atom is -0.330 e. The molecular weight excluding hydrogens is 324 g/mol. The van der Waals surface area contributed by atoms with Crippen molar-refractivity contribution in [3.63, 3.8) is 0 Å². The Morgan fingerprint density at radius 3 is 3.08 bits per heavy atom. The largest absolute Gasteiger partial charge is 0.330 e. The highest BCUT2D eigenvalue weighted by Crippen LogP contribution is 2.21. The first kappa shape index (κ1) is 16.3. The molecule has 0 fully saturated rings. The summed E-state index contributed by atoms with van der Waals surface area (Å²) in [6.07, 6.45) is 2.37. The second-order valence-electron chi connectivity index (χ2n) is 5.14. The number of nitrogens with zero attached hydrogens (tertiary/aromatic N) is 4. The predicted octanol–water partition coefficient (Wildman–Crippen LogP) is 2.17. The van der Waals surface area contributed by atoms with E-state index < -0.39 is 0 Å². The van der Waals surface area contributed by atoms with Crippen molar-refractivity contribution in [2.45, 2.75) is 19.9 Å². The van der Waals surface area contributed by atoms with Crippen LogP contribution in [-0.2, 0) is 13.0 Å². The Kier molecular flexibility index (Phi) is 4.97. The van der Waals surface area contributed by atoms with Crippen LogP contribution in [0.4, 0.5) is 5.69 Å². The molecule has 1 amide bonds. The number of amides is 1. The average Bonchev–Trinajstić information content (AvgIpc) is 3.24. The summed E-state index contributed by atoms with van der Waals surface area (Å²) in [6.45, 7) is 3.33. The Morgan fingerprint density at radius 2 is 2.29 bits per heavy atom. The SMILES string of the molecule is CCn1cnnc1-c1cccc(NC(=O)c2csc(CCN)n2)c1. The van der Waals surface area contributed by atoms with Crippen LogP contribution in [0.5, 0.6) is 0 Å². The quantitative estimate of drug-likeness (QED) is 0.715. The Labute approximate surface area is 143 Å². The minimum atomic E-state index is -0.233. The highest BCUT2D eigenvalue weighted by atomic mass is 32.1. The highest BCUT2D eigenvalue weighted by Gasteiger charge is 2.12. The van der Waals surface area contributed by atoms with Crippen molar-refractivity contribution in [1.29, 1.82) is 0 Å². The summed E-state index contributed by atoms with van der Waals surface area (Å²) in [4.78, 5) is 16.6. The first-order valence-electron chi connectivity index (χ1n) is 7.65. The van der Waals surface area contributed by atoms with Crippen LogP contribution in [0.1, 0.15) is 22.4 Å².